The Bertz CT molecular complexity index is 1340. The first-order chi connectivity index (χ1) is 16.7. The molecule has 0 saturated carbocycles. The summed E-state index contributed by atoms with van der Waals surface area (Å²) in [5.74, 6) is -0.391. The molecule has 0 saturated heterocycles. The third-order valence-electron chi connectivity index (χ3n) is 4.71. The predicted molar refractivity (Wildman–Crippen MR) is 131 cm³/mol. The molecule has 35 heavy (non-hydrogen) atoms. The molecule has 0 aliphatic carbocycles. The van der Waals surface area contributed by atoms with Crippen molar-refractivity contribution < 1.29 is 32.2 Å². The first kappa shape index (κ1) is 25.3. The molecule has 0 atom stereocenters. The number of sulfonamides is 1. The van der Waals surface area contributed by atoms with Crippen molar-refractivity contribution in [3.05, 3.63) is 90.1 Å². The van der Waals surface area contributed by atoms with E-state index >= 15 is 0 Å². The van der Waals surface area contributed by atoms with Crippen molar-refractivity contribution in [1.82, 2.24) is 0 Å². The monoisotopic (exact) mass is 496 g/mol. The minimum atomic E-state index is -3.99. The van der Waals surface area contributed by atoms with Crippen molar-refractivity contribution >= 4 is 33.3 Å². The molecule has 0 aliphatic rings. The van der Waals surface area contributed by atoms with Crippen LogP contribution in [0.3, 0.4) is 0 Å². The summed E-state index contributed by atoms with van der Waals surface area (Å²) in [6.07, 6.45) is 0.914. The third kappa shape index (κ3) is 6.84. The second-order valence-corrected chi connectivity index (χ2v) is 8.87. The number of methoxy groups -OCH3 is 2. The van der Waals surface area contributed by atoms with E-state index in [2.05, 4.69) is 19.5 Å². The van der Waals surface area contributed by atoms with E-state index in [-0.39, 0.29) is 16.3 Å². The van der Waals surface area contributed by atoms with Crippen molar-refractivity contribution in [1.29, 1.82) is 0 Å². The number of para-hydroxylation sites is 1. The molecule has 0 aliphatic heterocycles. The van der Waals surface area contributed by atoms with Crippen LogP contribution in [-0.4, -0.2) is 34.6 Å². The summed E-state index contributed by atoms with van der Waals surface area (Å²) in [5.41, 5.74) is 0.851. The lowest BCUT2D eigenvalue weighted by Crippen LogP contribution is -2.17. The Balaban J connectivity index is 1.81. The minimum absolute atomic E-state index is 0.0191. The smallest absolute Gasteiger partial charge is 0.354 e. The Labute approximate surface area is 203 Å². The molecular formula is C25H24N2O7S. The van der Waals surface area contributed by atoms with Crippen LogP contribution in [0.5, 0.6) is 11.5 Å². The fourth-order valence-corrected chi connectivity index (χ4v) is 4.31. The fourth-order valence-electron chi connectivity index (χ4n) is 2.98. The molecule has 182 valence electrons. The maximum absolute atomic E-state index is 13.1. The maximum Gasteiger partial charge on any atom is 0.354 e. The number of hydrogen-bond acceptors (Lipinski definition) is 8. The van der Waals surface area contributed by atoms with Gasteiger partial charge in [0.25, 0.3) is 10.0 Å². The second kappa shape index (κ2) is 11.2. The molecule has 3 aromatic rings. The van der Waals surface area contributed by atoms with Gasteiger partial charge in [-0.15, -0.1) is 0 Å². The van der Waals surface area contributed by atoms with Gasteiger partial charge in [0, 0.05) is 11.4 Å². The third-order valence-corrected chi connectivity index (χ3v) is 6.23. The van der Waals surface area contributed by atoms with Gasteiger partial charge in [0.1, 0.15) is 17.2 Å². The van der Waals surface area contributed by atoms with Gasteiger partial charge in [0.2, 0.25) is 0 Å². The van der Waals surface area contributed by atoms with Gasteiger partial charge in [-0.25, -0.2) is 18.0 Å². The van der Waals surface area contributed by atoms with Gasteiger partial charge in [-0.1, -0.05) is 24.3 Å². The Morgan fingerprint density at radius 1 is 0.829 bits per heavy atom. The highest BCUT2D eigenvalue weighted by Gasteiger charge is 2.19. The predicted octanol–water partition coefficient (Wildman–Crippen LogP) is 4.23. The summed E-state index contributed by atoms with van der Waals surface area (Å²) < 4.78 is 43.7. The van der Waals surface area contributed by atoms with E-state index in [1.807, 2.05) is 30.3 Å². The second-order valence-electron chi connectivity index (χ2n) is 7.22. The van der Waals surface area contributed by atoms with Crippen LogP contribution in [0, 0.1) is 6.92 Å². The SMILES string of the molecule is COC(=O)/C=C(/Nc1ccc(C)c(S(=O)(=O)Nc2ccc(Oc3ccccc3)cc2)c1)C(=O)OC. The Morgan fingerprint density at radius 3 is 2.09 bits per heavy atom. The van der Waals surface area contributed by atoms with E-state index in [9.17, 15) is 18.0 Å². The number of benzene rings is 3. The Kier molecular flexibility index (Phi) is 8.11. The number of carbonyl (C=O) groups is 2. The van der Waals surface area contributed by atoms with Gasteiger partial charge in [0.05, 0.1) is 25.2 Å². The van der Waals surface area contributed by atoms with Gasteiger partial charge in [-0.3, -0.25) is 4.72 Å². The molecule has 0 bridgehead atoms. The maximum atomic E-state index is 13.1. The quantitative estimate of drug-likeness (QED) is 0.334. The molecule has 0 amide bonds. The van der Waals surface area contributed by atoms with Crippen molar-refractivity contribution in [3.63, 3.8) is 0 Å². The summed E-state index contributed by atoms with van der Waals surface area (Å²) in [5, 5.41) is 2.71. The highest BCUT2D eigenvalue weighted by Crippen LogP contribution is 2.26. The van der Waals surface area contributed by atoms with Crippen molar-refractivity contribution in [2.45, 2.75) is 11.8 Å². The zero-order valence-corrected chi connectivity index (χ0v) is 20.1. The van der Waals surface area contributed by atoms with Gasteiger partial charge < -0.3 is 19.5 Å². The fraction of sp³-hybridized carbons (Fsp3) is 0.120. The molecular weight excluding hydrogens is 472 g/mol. The van der Waals surface area contributed by atoms with Gasteiger partial charge in [-0.2, -0.15) is 0 Å². The zero-order chi connectivity index (χ0) is 25.4. The van der Waals surface area contributed by atoms with E-state index in [0.29, 0.717) is 22.7 Å². The normalized spacial score (nSPS) is 11.3. The zero-order valence-electron chi connectivity index (χ0n) is 19.3. The average Bonchev–Trinajstić information content (AvgIpc) is 2.85. The number of aryl methyl sites for hydroxylation is 1. The van der Waals surface area contributed by atoms with Crippen LogP contribution in [0.2, 0.25) is 0 Å². The molecule has 10 heteroatoms. The summed E-state index contributed by atoms with van der Waals surface area (Å²) in [4.78, 5) is 23.6. The van der Waals surface area contributed by atoms with E-state index in [1.54, 1.807) is 43.3 Å². The summed E-state index contributed by atoms with van der Waals surface area (Å²) in [6.45, 7) is 1.64. The molecule has 3 aromatic carbocycles. The highest BCUT2D eigenvalue weighted by molar-refractivity contribution is 7.92. The summed E-state index contributed by atoms with van der Waals surface area (Å²) >= 11 is 0. The number of ether oxygens (including phenoxy) is 3. The van der Waals surface area contributed by atoms with Crippen LogP contribution < -0.4 is 14.8 Å². The molecule has 9 nitrogen and oxygen atoms in total. The van der Waals surface area contributed by atoms with Crippen LogP contribution in [-0.2, 0) is 29.1 Å². The number of esters is 2. The Morgan fingerprint density at radius 2 is 1.46 bits per heavy atom. The molecule has 0 spiro atoms. The lowest BCUT2D eigenvalue weighted by Gasteiger charge is -2.14. The van der Waals surface area contributed by atoms with Crippen LogP contribution >= 0.6 is 0 Å². The van der Waals surface area contributed by atoms with E-state index in [0.717, 1.165) is 20.3 Å². The molecule has 0 unspecified atom stereocenters. The van der Waals surface area contributed by atoms with Gasteiger partial charge >= 0.3 is 11.9 Å². The summed E-state index contributed by atoms with van der Waals surface area (Å²) in [7, 11) is -1.67. The van der Waals surface area contributed by atoms with Crippen molar-refractivity contribution in [2.24, 2.45) is 0 Å². The first-order valence-corrected chi connectivity index (χ1v) is 11.8. The topological polar surface area (TPSA) is 120 Å². The molecule has 2 N–H and O–H groups in total. The van der Waals surface area contributed by atoms with Crippen LogP contribution in [0.4, 0.5) is 11.4 Å². The van der Waals surface area contributed by atoms with Crippen LogP contribution in [0.15, 0.2) is 89.5 Å². The molecule has 0 heterocycles. The number of rotatable bonds is 9. The molecule has 0 fully saturated rings. The number of nitrogens with one attached hydrogen (secondary N) is 2. The van der Waals surface area contributed by atoms with Crippen LogP contribution in [0.1, 0.15) is 5.56 Å². The number of hydrogen-bond donors (Lipinski definition) is 2. The molecule has 3 rings (SSSR count). The van der Waals surface area contributed by atoms with E-state index in [4.69, 9.17) is 4.74 Å². The largest absolute Gasteiger partial charge is 0.466 e. The molecule has 0 aromatic heterocycles. The highest BCUT2D eigenvalue weighted by atomic mass is 32.2. The van der Waals surface area contributed by atoms with Crippen LogP contribution in [0.25, 0.3) is 0 Å². The lowest BCUT2D eigenvalue weighted by molar-refractivity contribution is -0.138. The standard InChI is InChI=1S/C25H24N2O7S/c1-17-9-10-19(26-22(25(29)33-3)16-24(28)32-2)15-23(17)35(30,31)27-18-11-13-21(14-12-18)34-20-7-5-4-6-8-20/h4-16,26-27H,1-3H3/b22-16+. The van der Waals surface area contributed by atoms with E-state index in [1.165, 1.54) is 6.07 Å². The van der Waals surface area contributed by atoms with Gasteiger partial charge in [-0.05, 0) is 61.0 Å². The lowest BCUT2D eigenvalue weighted by atomic mass is 10.2. The van der Waals surface area contributed by atoms with Crippen molar-refractivity contribution in [2.75, 3.05) is 24.3 Å². The number of anilines is 2. The molecule has 0 radical (unpaired) electrons. The first-order valence-electron chi connectivity index (χ1n) is 10.3. The summed E-state index contributed by atoms with van der Waals surface area (Å²) in [6, 6.07) is 20.2. The minimum Gasteiger partial charge on any atom is -0.466 e. The average molecular weight is 497 g/mol. The number of carbonyl (C=O) groups excluding carboxylic acids is 2. The van der Waals surface area contributed by atoms with E-state index < -0.39 is 22.0 Å². The van der Waals surface area contributed by atoms with Crippen molar-refractivity contribution in [3.8, 4) is 11.5 Å². The van der Waals surface area contributed by atoms with Gasteiger partial charge in [0.15, 0.2) is 0 Å². The Hall–Kier alpha value is -4.31.